The SMILES string of the molecule is CSC(CO)C(C)NC(=O)COCCN. The maximum Gasteiger partial charge on any atom is 0.246 e. The largest absolute Gasteiger partial charge is 0.395 e. The smallest absolute Gasteiger partial charge is 0.246 e. The monoisotopic (exact) mass is 236 g/mol. The number of aliphatic hydroxyl groups excluding tert-OH is 1. The molecule has 1 amide bonds. The van der Waals surface area contributed by atoms with Crippen LogP contribution in [0.3, 0.4) is 0 Å². The highest BCUT2D eigenvalue weighted by Gasteiger charge is 2.16. The Labute approximate surface area is 94.7 Å². The molecule has 0 radical (unpaired) electrons. The first kappa shape index (κ1) is 14.7. The van der Waals surface area contributed by atoms with Crippen LogP contribution in [0.5, 0.6) is 0 Å². The van der Waals surface area contributed by atoms with Crippen molar-refractivity contribution in [2.45, 2.75) is 18.2 Å². The van der Waals surface area contributed by atoms with Crippen molar-refractivity contribution >= 4 is 17.7 Å². The number of ether oxygens (including phenoxy) is 1. The number of hydrogen-bond donors (Lipinski definition) is 3. The van der Waals surface area contributed by atoms with Gasteiger partial charge in [-0.05, 0) is 13.2 Å². The Balaban J connectivity index is 3.74. The molecule has 2 atom stereocenters. The molecule has 0 aromatic rings. The summed E-state index contributed by atoms with van der Waals surface area (Å²) >= 11 is 1.52. The van der Waals surface area contributed by atoms with Gasteiger partial charge in [-0.2, -0.15) is 11.8 Å². The van der Waals surface area contributed by atoms with Crippen LogP contribution < -0.4 is 11.1 Å². The van der Waals surface area contributed by atoms with E-state index in [1.54, 1.807) is 0 Å². The van der Waals surface area contributed by atoms with Crippen LogP contribution in [0.1, 0.15) is 6.92 Å². The molecular formula is C9H20N2O3S. The molecule has 90 valence electrons. The van der Waals surface area contributed by atoms with E-state index in [4.69, 9.17) is 15.6 Å². The summed E-state index contributed by atoms with van der Waals surface area (Å²) in [6.45, 7) is 2.72. The van der Waals surface area contributed by atoms with Gasteiger partial charge < -0.3 is 20.9 Å². The normalized spacial score (nSPS) is 14.7. The zero-order valence-corrected chi connectivity index (χ0v) is 10.0. The van der Waals surface area contributed by atoms with Crippen molar-refractivity contribution in [3.8, 4) is 0 Å². The van der Waals surface area contributed by atoms with E-state index < -0.39 is 0 Å². The second kappa shape index (κ2) is 8.96. The molecule has 0 bridgehead atoms. The van der Waals surface area contributed by atoms with Crippen molar-refractivity contribution in [3.05, 3.63) is 0 Å². The highest BCUT2D eigenvalue weighted by atomic mass is 32.2. The van der Waals surface area contributed by atoms with E-state index in [9.17, 15) is 4.79 Å². The average Bonchev–Trinajstić information content (AvgIpc) is 2.20. The zero-order chi connectivity index (χ0) is 11.7. The lowest BCUT2D eigenvalue weighted by molar-refractivity contribution is -0.126. The summed E-state index contributed by atoms with van der Waals surface area (Å²) < 4.78 is 4.99. The van der Waals surface area contributed by atoms with Gasteiger partial charge in [0.15, 0.2) is 0 Å². The molecule has 0 aromatic carbocycles. The number of nitrogens with two attached hydrogens (primary N) is 1. The first-order valence-corrected chi connectivity index (χ1v) is 6.15. The number of aliphatic hydroxyl groups is 1. The van der Waals surface area contributed by atoms with Crippen molar-refractivity contribution in [1.29, 1.82) is 0 Å². The quantitative estimate of drug-likeness (QED) is 0.480. The minimum absolute atomic E-state index is 0.0171. The fraction of sp³-hybridized carbons (Fsp3) is 0.889. The summed E-state index contributed by atoms with van der Waals surface area (Å²) in [5.74, 6) is -0.177. The Morgan fingerprint density at radius 1 is 1.67 bits per heavy atom. The lowest BCUT2D eigenvalue weighted by atomic mass is 10.2. The van der Waals surface area contributed by atoms with Gasteiger partial charge in [-0.25, -0.2) is 0 Å². The van der Waals surface area contributed by atoms with Gasteiger partial charge in [0.05, 0.1) is 13.2 Å². The lowest BCUT2D eigenvalue weighted by Crippen LogP contribution is -2.42. The predicted molar refractivity (Wildman–Crippen MR) is 61.9 cm³/mol. The second-order valence-corrected chi connectivity index (χ2v) is 4.23. The molecule has 0 aromatic heterocycles. The maximum atomic E-state index is 11.3. The number of thioether (sulfide) groups is 1. The first-order chi connectivity index (χ1) is 7.15. The Hall–Kier alpha value is -0.300. The summed E-state index contributed by atoms with van der Waals surface area (Å²) in [6.07, 6.45) is 1.90. The van der Waals surface area contributed by atoms with E-state index in [1.165, 1.54) is 11.8 Å². The molecule has 0 heterocycles. The third-order valence-corrected chi connectivity index (χ3v) is 3.09. The highest BCUT2D eigenvalue weighted by Crippen LogP contribution is 2.09. The molecule has 0 rings (SSSR count). The summed E-state index contributed by atoms with van der Waals surface area (Å²) in [7, 11) is 0. The van der Waals surface area contributed by atoms with Gasteiger partial charge >= 0.3 is 0 Å². The molecule has 0 aliphatic carbocycles. The van der Waals surface area contributed by atoms with Gasteiger partial charge in [-0.3, -0.25) is 4.79 Å². The van der Waals surface area contributed by atoms with Crippen LogP contribution in [0.4, 0.5) is 0 Å². The predicted octanol–water partition coefficient (Wildman–Crippen LogP) is -0.810. The lowest BCUT2D eigenvalue weighted by Gasteiger charge is -2.21. The minimum Gasteiger partial charge on any atom is -0.395 e. The average molecular weight is 236 g/mol. The van der Waals surface area contributed by atoms with Gasteiger partial charge in [0.1, 0.15) is 6.61 Å². The van der Waals surface area contributed by atoms with Crippen LogP contribution in [-0.2, 0) is 9.53 Å². The van der Waals surface area contributed by atoms with Crippen LogP contribution in [0.2, 0.25) is 0 Å². The molecule has 2 unspecified atom stereocenters. The van der Waals surface area contributed by atoms with Gasteiger partial charge in [-0.1, -0.05) is 0 Å². The fourth-order valence-electron chi connectivity index (χ4n) is 1.07. The van der Waals surface area contributed by atoms with E-state index in [0.29, 0.717) is 13.2 Å². The third-order valence-electron chi connectivity index (χ3n) is 1.92. The van der Waals surface area contributed by atoms with Gasteiger partial charge in [0.2, 0.25) is 5.91 Å². The number of carbonyl (C=O) groups excluding carboxylic acids is 1. The fourth-order valence-corrected chi connectivity index (χ4v) is 1.70. The second-order valence-electron chi connectivity index (χ2n) is 3.15. The molecule has 5 nitrogen and oxygen atoms in total. The molecule has 0 saturated heterocycles. The molecule has 0 aliphatic rings. The summed E-state index contributed by atoms with van der Waals surface area (Å²) in [4.78, 5) is 11.3. The van der Waals surface area contributed by atoms with Crippen molar-refractivity contribution in [1.82, 2.24) is 5.32 Å². The van der Waals surface area contributed by atoms with Gasteiger partial charge in [0, 0.05) is 17.8 Å². The molecule has 0 aliphatic heterocycles. The standard InChI is InChI=1S/C9H20N2O3S/c1-7(8(5-12)15-2)11-9(13)6-14-4-3-10/h7-8,12H,3-6,10H2,1-2H3,(H,11,13). The van der Waals surface area contributed by atoms with Gasteiger partial charge in [-0.15, -0.1) is 0 Å². The Bertz CT molecular complexity index is 177. The van der Waals surface area contributed by atoms with Crippen molar-refractivity contribution < 1.29 is 14.6 Å². The van der Waals surface area contributed by atoms with Crippen LogP contribution in [0.15, 0.2) is 0 Å². The van der Waals surface area contributed by atoms with E-state index >= 15 is 0 Å². The molecule has 6 heteroatoms. The van der Waals surface area contributed by atoms with Crippen LogP contribution in [0, 0.1) is 0 Å². The molecule has 0 fully saturated rings. The summed E-state index contributed by atoms with van der Waals surface area (Å²) in [5.41, 5.74) is 5.21. The topological polar surface area (TPSA) is 84.6 Å². The number of hydrogen-bond acceptors (Lipinski definition) is 5. The Morgan fingerprint density at radius 2 is 2.33 bits per heavy atom. The molecular weight excluding hydrogens is 216 g/mol. The molecule has 15 heavy (non-hydrogen) atoms. The number of carbonyl (C=O) groups is 1. The van der Waals surface area contributed by atoms with Gasteiger partial charge in [0.25, 0.3) is 0 Å². The van der Waals surface area contributed by atoms with Crippen molar-refractivity contribution in [3.63, 3.8) is 0 Å². The van der Waals surface area contributed by atoms with Crippen molar-refractivity contribution in [2.24, 2.45) is 5.73 Å². The Morgan fingerprint density at radius 3 is 2.80 bits per heavy atom. The third kappa shape index (κ3) is 6.72. The zero-order valence-electron chi connectivity index (χ0n) is 9.23. The summed E-state index contributed by atoms with van der Waals surface area (Å²) in [5, 5.41) is 11.8. The molecule has 4 N–H and O–H groups in total. The maximum absolute atomic E-state index is 11.3. The van der Waals surface area contributed by atoms with Crippen molar-refractivity contribution in [2.75, 3.05) is 32.6 Å². The van der Waals surface area contributed by atoms with E-state index in [-0.39, 0.29) is 30.4 Å². The first-order valence-electron chi connectivity index (χ1n) is 4.86. The number of rotatable bonds is 8. The molecule has 0 saturated carbocycles. The van der Waals surface area contributed by atoms with Crippen LogP contribution in [0.25, 0.3) is 0 Å². The van der Waals surface area contributed by atoms with Crippen LogP contribution >= 0.6 is 11.8 Å². The number of amides is 1. The minimum atomic E-state index is -0.177. The highest BCUT2D eigenvalue weighted by molar-refractivity contribution is 7.99. The van der Waals surface area contributed by atoms with E-state index in [1.807, 2.05) is 13.2 Å². The Kier molecular flexibility index (Phi) is 8.79. The summed E-state index contributed by atoms with van der Waals surface area (Å²) in [6, 6.07) is -0.0704. The molecule has 0 spiro atoms. The van der Waals surface area contributed by atoms with E-state index in [2.05, 4.69) is 5.32 Å². The van der Waals surface area contributed by atoms with E-state index in [0.717, 1.165) is 0 Å². The number of nitrogens with one attached hydrogen (secondary N) is 1. The van der Waals surface area contributed by atoms with Crippen LogP contribution in [-0.4, -0.2) is 54.9 Å².